The SMILES string of the molecule is O=C(CN1CSCC1=O)OCc1nc2ccccc2s1. The number of para-hydroxylation sites is 1. The van der Waals surface area contributed by atoms with Gasteiger partial charge in [-0.3, -0.25) is 9.59 Å². The highest BCUT2D eigenvalue weighted by Crippen LogP contribution is 2.22. The Morgan fingerprint density at radius 2 is 2.25 bits per heavy atom. The second kappa shape index (κ2) is 5.80. The van der Waals surface area contributed by atoms with Gasteiger partial charge in [0, 0.05) is 0 Å². The first-order chi connectivity index (χ1) is 9.72. The van der Waals surface area contributed by atoms with E-state index in [-0.39, 0.29) is 25.0 Å². The molecule has 2 heterocycles. The van der Waals surface area contributed by atoms with Gasteiger partial charge in [-0.25, -0.2) is 4.98 Å². The van der Waals surface area contributed by atoms with Crippen LogP contribution in [0.3, 0.4) is 0 Å². The van der Waals surface area contributed by atoms with Crippen molar-refractivity contribution < 1.29 is 14.3 Å². The summed E-state index contributed by atoms with van der Waals surface area (Å²) in [7, 11) is 0. The molecule has 1 fully saturated rings. The van der Waals surface area contributed by atoms with Crippen LogP contribution < -0.4 is 0 Å². The third-order valence-corrected chi connectivity index (χ3v) is 4.80. The van der Waals surface area contributed by atoms with Crippen LogP contribution in [0, 0.1) is 0 Å². The van der Waals surface area contributed by atoms with Crippen LogP contribution in [0.4, 0.5) is 0 Å². The quantitative estimate of drug-likeness (QED) is 0.807. The Bertz CT molecular complexity index is 623. The van der Waals surface area contributed by atoms with Crippen LogP contribution in [0.2, 0.25) is 0 Å². The van der Waals surface area contributed by atoms with E-state index in [1.165, 1.54) is 28.0 Å². The van der Waals surface area contributed by atoms with Crippen LogP contribution in [0.5, 0.6) is 0 Å². The first-order valence-electron chi connectivity index (χ1n) is 6.08. The maximum Gasteiger partial charge on any atom is 0.326 e. The third kappa shape index (κ3) is 2.94. The molecule has 7 heteroatoms. The number of benzene rings is 1. The molecule has 3 rings (SSSR count). The van der Waals surface area contributed by atoms with E-state index in [9.17, 15) is 9.59 Å². The van der Waals surface area contributed by atoms with Crippen LogP contribution in [-0.4, -0.2) is 39.9 Å². The van der Waals surface area contributed by atoms with E-state index in [1.54, 1.807) is 0 Å². The number of carbonyl (C=O) groups is 2. The zero-order valence-corrected chi connectivity index (χ0v) is 12.2. The highest BCUT2D eigenvalue weighted by atomic mass is 32.2. The number of rotatable bonds is 4. The van der Waals surface area contributed by atoms with Crippen LogP contribution >= 0.6 is 23.1 Å². The van der Waals surface area contributed by atoms with Gasteiger partial charge >= 0.3 is 5.97 Å². The number of carbonyl (C=O) groups excluding carboxylic acids is 2. The molecular formula is C13H12N2O3S2. The van der Waals surface area contributed by atoms with Gasteiger partial charge < -0.3 is 9.64 Å². The molecule has 1 aliphatic heterocycles. The van der Waals surface area contributed by atoms with Crippen LogP contribution in [-0.2, 0) is 20.9 Å². The molecule has 1 saturated heterocycles. The van der Waals surface area contributed by atoms with Crippen molar-refractivity contribution >= 4 is 45.2 Å². The molecule has 0 spiro atoms. The van der Waals surface area contributed by atoms with Gasteiger partial charge in [-0.05, 0) is 12.1 Å². The van der Waals surface area contributed by atoms with E-state index in [2.05, 4.69) is 4.98 Å². The summed E-state index contributed by atoms with van der Waals surface area (Å²) in [6, 6.07) is 7.79. The standard InChI is InChI=1S/C13H12N2O3S2/c16-12-7-19-8-15(12)5-13(17)18-6-11-14-9-3-1-2-4-10(9)20-11/h1-4H,5-8H2. The fourth-order valence-corrected chi connectivity index (χ4v) is 3.65. The second-order valence-electron chi connectivity index (χ2n) is 4.31. The molecule has 1 aromatic heterocycles. The number of hydrogen-bond donors (Lipinski definition) is 0. The second-order valence-corrected chi connectivity index (χ2v) is 6.38. The fourth-order valence-electron chi connectivity index (χ4n) is 1.87. The van der Waals surface area contributed by atoms with Crippen LogP contribution in [0.25, 0.3) is 10.2 Å². The fraction of sp³-hybridized carbons (Fsp3) is 0.308. The maximum atomic E-state index is 11.7. The Labute approximate surface area is 123 Å². The lowest BCUT2D eigenvalue weighted by Gasteiger charge is -2.12. The summed E-state index contributed by atoms with van der Waals surface area (Å²) < 4.78 is 6.25. The average molecular weight is 308 g/mol. The maximum absolute atomic E-state index is 11.7. The number of esters is 1. The van der Waals surface area contributed by atoms with Gasteiger partial charge in [0.25, 0.3) is 0 Å². The van der Waals surface area contributed by atoms with Crippen molar-refractivity contribution in [1.29, 1.82) is 0 Å². The summed E-state index contributed by atoms with van der Waals surface area (Å²) in [4.78, 5) is 29.0. The summed E-state index contributed by atoms with van der Waals surface area (Å²) in [5.74, 6) is 0.618. The van der Waals surface area contributed by atoms with Crippen molar-refractivity contribution in [1.82, 2.24) is 9.88 Å². The molecule has 1 amide bonds. The highest BCUT2D eigenvalue weighted by molar-refractivity contribution is 8.00. The normalized spacial score (nSPS) is 15.0. The molecule has 1 aliphatic rings. The molecule has 1 aromatic carbocycles. The highest BCUT2D eigenvalue weighted by Gasteiger charge is 2.23. The summed E-state index contributed by atoms with van der Waals surface area (Å²) in [6.07, 6.45) is 0. The Morgan fingerprint density at radius 3 is 3.00 bits per heavy atom. The smallest absolute Gasteiger partial charge is 0.326 e. The minimum Gasteiger partial charge on any atom is -0.457 e. The van der Waals surface area contributed by atoms with Crippen molar-refractivity contribution in [3.63, 3.8) is 0 Å². The molecule has 0 radical (unpaired) electrons. The van der Waals surface area contributed by atoms with Gasteiger partial charge in [0.2, 0.25) is 5.91 Å². The molecule has 5 nitrogen and oxygen atoms in total. The molecule has 20 heavy (non-hydrogen) atoms. The van der Waals surface area contributed by atoms with Crippen molar-refractivity contribution in [3.8, 4) is 0 Å². The van der Waals surface area contributed by atoms with Crippen molar-refractivity contribution in [2.24, 2.45) is 0 Å². The molecule has 104 valence electrons. The predicted octanol–water partition coefficient (Wildman–Crippen LogP) is 1.87. The summed E-state index contributed by atoms with van der Waals surface area (Å²) in [5, 5.41) is 0.765. The largest absolute Gasteiger partial charge is 0.457 e. The zero-order chi connectivity index (χ0) is 13.9. The number of nitrogens with zero attached hydrogens (tertiary/aromatic N) is 2. The van der Waals surface area contributed by atoms with Crippen molar-refractivity contribution in [2.45, 2.75) is 6.61 Å². The molecule has 0 atom stereocenters. The molecule has 0 N–H and O–H groups in total. The first kappa shape index (κ1) is 13.4. The lowest BCUT2D eigenvalue weighted by Crippen LogP contribution is -2.32. The predicted molar refractivity (Wildman–Crippen MR) is 78.5 cm³/mol. The summed E-state index contributed by atoms with van der Waals surface area (Å²) >= 11 is 3.02. The number of thiazole rings is 1. The summed E-state index contributed by atoms with van der Waals surface area (Å²) in [5.41, 5.74) is 0.912. The van der Waals surface area contributed by atoms with Crippen molar-refractivity contribution in [3.05, 3.63) is 29.3 Å². The Hall–Kier alpha value is -1.60. The van der Waals surface area contributed by atoms with Crippen molar-refractivity contribution in [2.75, 3.05) is 18.2 Å². The molecule has 0 aliphatic carbocycles. The minimum absolute atomic E-state index is 0.00747. The zero-order valence-electron chi connectivity index (χ0n) is 10.6. The van der Waals surface area contributed by atoms with Crippen LogP contribution in [0.1, 0.15) is 5.01 Å². The first-order valence-corrected chi connectivity index (χ1v) is 8.05. The van der Waals surface area contributed by atoms with Gasteiger partial charge in [-0.15, -0.1) is 23.1 Å². The van der Waals surface area contributed by atoms with Gasteiger partial charge in [0.15, 0.2) is 0 Å². The van der Waals surface area contributed by atoms with Gasteiger partial charge in [0.05, 0.1) is 21.8 Å². The molecular weight excluding hydrogens is 296 g/mol. The van der Waals surface area contributed by atoms with E-state index < -0.39 is 0 Å². The van der Waals surface area contributed by atoms with Gasteiger partial charge in [-0.2, -0.15) is 0 Å². The van der Waals surface area contributed by atoms with E-state index in [1.807, 2.05) is 24.3 Å². The molecule has 0 saturated carbocycles. The number of aromatic nitrogens is 1. The van der Waals surface area contributed by atoms with Gasteiger partial charge in [-0.1, -0.05) is 12.1 Å². The topological polar surface area (TPSA) is 59.5 Å². The average Bonchev–Trinajstić information content (AvgIpc) is 3.03. The Morgan fingerprint density at radius 1 is 1.40 bits per heavy atom. The monoisotopic (exact) mass is 308 g/mol. The van der Waals surface area contributed by atoms with Crippen LogP contribution in [0.15, 0.2) is 24.3 Å². The number of hydrogen-bond acceptors (Lipinski definition) is 6. The van der Waals surface area contributed by atoms with E-state index in [0.717, 1.165) is 15.2 Å². The number of fused-ring (bicyclic) bond motifs is 1. The summed E-state index contributed by atoms with van der Waals surface area (Å²) in [6.45, 7) is 0.185. The Kier molecular flexibility index (Phi) is 3.88. The van der Waals surface area contributed by atoms with E-state index >= 15 is 0 Å². The third-order valence-electron chi connectivity index (χ3n) is 2.84. The number of amides is 1. The lowest BCUT2D eigenvalue weighted by atomic mass is 10.3. The number of ether oxygens (including phenoxy) is 1. The molecule has 0 unspecified atom stereocenters. The molecule has 2 aromatic rings. The van der Waals surface area contributed by atoms with E-state index in [4.69, 9.17) is 4.74 Å². The Balaban J connectivity index is 1.56. The molecule has 0 bridgehead atoms. The lowest BCUT2D eigenvalue weighted by molar-refractivity contribution is -0.148. The van der Waals surface area contributed by atoms with Gasteiger partial charge in [0.1, 0.15) is 18.2 Å². The van der Waals surface area contributed by atoms with E-state index in [0.29, 0.717) is 11.6 Å². The minimum atomic E-state index is -0.389. The number of thioether (sulfide) groups is 1.